The zero-order valence-corrected chi connectivity index (χ0v) is 12.8. The Morgan fingerprint density at radius 1 is 1.18 bits per heavy atom. The number of benzene rings is 1. The summed E-state index contributed by atoms with van der Waals surface area (Å²) < 4.78 is 0. The van der Waals surface area contributed by atoms with Crippen LogP contribution in [0.2, 0.25) is 0 Å². The lowest BCUT2D eigenvalue weighted by molar-refractivity contribution is 0.0683. The van der Waals surface area contributed by atoms with Crippen molar-refractivity contribution in [1.29, 1.82) is 0 Å². The largest absolute Gasteiger partial charge is 0.339 e. The Morgan fingerprint density at radius 2 is 1.91 bits per heavy atom. The number of fused-ring (bicyclic) bond motifs is 3. The van der Waals surface area contributed by atoms with E-state index in [1.54, 1.807) is 6.20 Å². The highest BCUT2D eigenvalue weighted by Gasteiger charge is 2.36. The fourth-order valence-electron chi connectivity index (χ4n) is 3.98. The van der Waals surface area contributed by atoms with Gasteiger partial charge in [-0.2, -0.15) is 0 Å². The van der Waals surface area contributed by atoms with E-state index in [4.69, 9.17) is 0 Å². The van der Waals surface area contributed by atoms with E-state index in [1.165, 1.54) is 12.8 Å². The first-order valence-corrected chi connectivity index (χ1v) is 8.09. The molecule has 1 aromatic heterocycles. The highest BCUT2D eigenvalue weighted by molar-refractivity contribution is 6.05. The van der Waals surface area contributed by atoms with Crippen LogP contribution in [-0.4, -0.2) is 41.0 Å². The number of hydrogen-bond donors (Lipinski definition) is 1. The average Bonchev–Trinajstić information content (AvgIpc) is 2.91. The minimum atomic E-state index is 0.0931. The molecule has 2 atom stereocenters. The lowest BCUT2D eigenvalue weighted by atomic mass is 9.97. The third kappa shape index (κ3) is 2.28. The van der Waals surface area contributed by atoms with Crippen LogP contribution in [0, 0.1) is 0 Å². The van der Waals surface area contributed by atoms with Gasteiger partial charge in [0, 0.05) is 36.8 Å². The van der Waals surface area contributed by atoms with Gasteiger partial charge in [0.05, 0.1) is 11.1 Å². The summed E-state index contributed by atoms with van der Waals surface area (Å²) in [6.45, 7) is 0. The molecule has 2 aromatic rings. The Morgan fingerprint density at radius 3 is 2.68 bits per heavy atom. The van der Waals surface area contributed by atoms with Crippen LogP contribution < -0.4 is 5.32 Å². The summed E-state index contributed by atoms with van der Waals surface area (Å²) >= 11 is 0. The SMILES string of the molecule is CN(C(=O)c1cccc2cccnc12)C1CC2CCC(C1)N2. The highest BCUT2D eigenvalue weighted by atomic mass is 16.2. The third-order valence-electron chi connectivity index (χ3n) is 5.18. The molecule has 2 bridgehead atoms. The molecule has 0 spiro atoms. The summed E-state index contributed by atoms with van der Waals surface area (Å²) in [6.07, 6.45) is 6.38. The fraction of sp³-hybridized carbons (Fsp3) is 0.444. The van der Waals surface area contributed by atoms with Crippen molar-refractivity contribution in [1.82, 2.24) is 15.2 Å². The van der Waals surface area contributed by atoms with Crippen molar-refractivity contribution in [3.05, 3.63) is 42.1 Å². The zero-order valence-electron chi connectivity index (χ0n) is 12.8. The summed E-state index contributed by atoms with van der Waals surface area (Å²) in [7, 11) is 1.94. The Kier molecular flexibility index (Phi) is 3.34. The number of amides is 1. The summed E-state index contributed by atoms with van der Waals surface area (Å²) in [6, 6.07) is 11.3. The molecule has 1 aromatic carbocycles. The standard InChI is InChI=1S/C18H21N3O/c1-21(15-10-13-7-8-14(11-15)20-13)18(22)16-6-2-4-12-5-3-9-19-17(12)16/h2-6,9,13-15,20H,7-8,10-11H2,1H3. The molecule has 1 N–H and O–H groups in total. The Hall–Kier alpha value is -1.94. The number of rotatable bonds is 2. The third-order valence-corrected chi connectivity index (χ3v) is 5.18. The molecular weight excluding hydrogens is 274 g/mol. The maximum absolute atomic E-state index is 13.0. The quantitative estimate of drug-likeness (QED) is 0.926. The molecule has 0 radical (unpaired) electrons. The monoisotopic (exact) mass is 295 g/mol. The van der Waals surface area contributed by atoms with Crippen molar-refractivity contribution in [2.24, 2.45) is 0 Å². The fourth-order valence-corrected chi connectivity index (χ4v) is 3.98. The molecule has 0 aliphatic carbocycles. The van der Waals surface area contributed by atoms with Gasteiger partial charge >= 0.3 is 0 Å². The van der Waals surface area contributed by atoms with Crippen LogP contribution in [-0.2, 0) is 0 Å². The van der Waals surface area contributed by atoms with E-state index in [1.807, 2.05) is 42.3 Å². The van der Waals surface area contributed by atoms with E-state index in [0.717, 1.165) is 23.7 Å². The topological polar surface area (TPSA) is 45.2 Å². The number of hydrogen-bond acceptors (Lipinski definition) is 3. The molecule has 2 unspecified atom stereocenters. The number of pyridine rings is 1. The molecule has 2 saturated heterocycles. The molecule has 3 heterocycles. The molecule has 0 saturated carbocycles. The van der Waals surface area contributed by atoms with Gasteiger partial charge < -0.3 is 10.2 Å². The van der Waals surface area contributed by atoms with Gasteiger partial charge in [-0.15, -0.1) is 0 Å². The molecule has 2 aliphatic heterocycles. The number of carbonyl (C=O) groups is 1. The van der Waals surface area contributed by atoms with E-state index < -0.39 is 0 Å². The van der Waals surface area contributed by atoms with E-state index in [0.29, 0.717) is 23.7 Å². The van der Waals surface area contributed by atoms with E-state index >= 15 is 0 Å². The van der Waals surface area contributed by atoms with Gasteiger partial charge in [0.2, 0.25) is 0 Å². The molecule has 22 heavy (non-hydrogen) atoms. The van der Waals surface area contributed by atoms with Crippen LogP contribution in [0.15, 0.2) is 36.5 Å². The molecule has 4 heteroatoms. The second-order valence-electron chi connectivity index (χ2n) is 6.56. The summed E-state index contributed by atoms with van der Waals surface area (Å²) in [5.41, 5.74) is 1.52. The van der Waals surface area contributed by atoms with Crippen LogP contribution in [0.4, 0.5) is 0 Å². The maximum atomic E-state index is 13.0. The van der Waals surface area contributed by atoms with Gasteiger partial charge in [-0.3, -0.25) is 9.78 Å². The summed E-state index contributed by atoms with van der Waals surface area (Å²) in [4.78, 5) is 19.3. The first-order valence-electron chi connectivity index (χ1n) is 8.09. The smallest absolute Gasteiger partial charge is 0.256 e. The molecule has 114 valence electrons. The van der Waals surface area contributed by atoms with Crippen molar-refractivity contribution >= 4 is 16.8 Å². The van der Waals surface area contributed by atoms with Gasteiger partial charge in [-0.1, -0.05) is 18.2 Å². The van der Waals surface area contributed by atoms with Gasteiger partial charge in [0.1, 0.15) is 0 Å². The molecular formula is C18H21N3O. The Bertz CT molecular complexity index is 697. The molecule has 2 aliphatic rings. The molecule has 4 rings (SSSR count). The van der Waals surface area contributed by atoms with E-state index in [2.05, 4.69) is 10.3 Å². The predicted molar refractivity (Wildman–Crippen MR) is 86.8 cm³/mol. The predicted octanol–water partition coefficient (Wildman–Crippen LogP) is 2.59. The van der Waals surface area contributed by atoms with Gasteiger partial charge in [0.25, 0.3) is 5.91 Å². The Labute approximate surface area is 130 Å². The normalized spacial score (nSPS) is 27.0. The van der Waals surface area contributed by atoms with Crippen LogP contribution in [0.25, 0.3) is 10.9 Å². The number of piperidine rings is 1. The average molecular weight is 295 g/mol. The summed E-state index contributed by atoms with van der Waals surface area (Å²) in [5.74, 6) is 0.0931. The second-order valence-corrected chi connectivity index (χ2v) is 6.56. The number of nitrogens with one attached hydrogen (secondary N) is 1. The number of carbonyl (C=O) groups excluding carboxylic acids is 1. The van der Waals surface area contributed by atoms with Crippen LogP contribution in [0.5, 0.6) is 0 Å². The first-order chi connectivity index (χ1) is 10.7. The minimum Gasteiger partial charge on any atom is -0.339 e. The molecule has 2 fully saturated rings. The minimum absolute atomic E-state index is 0.0931. The number of aromatic nitrogens is 1. The van der Waals surface area contributed by atoms with Gasteiger partial charge in [-0.05, 0) is 37.8 Å². The maximum Gasteiger partial charge on any atom is 0.256 e. The number of nitrogens with zero attached hydrogens (tertiary/aromatic N) is 2. The van der Waals surface area contributed by atoms with Crippen molar-refractivity contribution in [3.8, 4) is 0 Å². The summed E-state index contributed by atoms with van der Waals surface area (Å²) in [5, 5.41) is 4.65. The number of para-hydroxylation sites is 1. The van der Waals surface area contributed by atoms with Crippen LogP contribution in [0.3, 0.4) is 0 Å². The van der Waals surface area contributed by atoms with Crippen molar-refractivity contribution in [3.63, 3.8) is 0 Å². The molecule has 1 amide bonds. The highest BCUT2D eigenvalue weighted by Crippen LogP contribution is 2.30. The van der Waals surface area contributed by atoms with E-state index in [9.17, 15) is 4.79 Å². The Balaban J connectivity index is 1.62. The second kappa shape index (κ2) is 5.36. The zero-order chi connectivity index (χ0) is 15.1. The lowest BCUT2D eigenvalue weighted by Crippen LogP contribution is -2.48. The van der Waals surface area contributed by atoms with Gasteiger partial charge in [-0.25, -0.2) is 0 Å². The van der Waals surface area contributed by atoms with Crippen molar-refractivity contribution < 1.29 is 4.79 Å². The lowest BCUT2D eigenvalue weighted by Gasteiger charge is -2.35. The first kappa shape index (κ1) is 13.7. The van der Waals surface area contributed by atoms with E-state index in [-0.39, 0.29) is 5.91 Å². The molecule has 4 nitrogen and oxygen atoms in total. The van der Waals surface area contributed by atoms with Crippen LogP contribution in [0.1, 0.15) is 36.0 Å². The van der Waals surface area contributed by atoms with Gasteiger partial charge in [0.15, 0.2) is 0 Å². The van der Waals surface area contributed by atoms with Crippen molar-refractivity contribution in [2.45, 2.75) is 43.8 Å². The van der Waals surface area contributed by atoms with Crippen LogP contribution >= 0.6 is 0 Å². The van der Waals surface area contributed by atoms with Crippen molar-refractivity contribution in [2.75, 3.05) is 7.05 Å².